The van der Waals surface area contributed by atoms with E-state index in [1.165, 1.54) is 23.8 Å². The van der Waals surface area contributed by atoms with Gasteiger partial charge in [-0.05, 0) is 79.0 Å². The van der Waals surface area contributed by atoms with Crippen LogP contribution in [0, 0.1) is 28.9 Å². The van der Waals surface area contributed by atoms with Crippen molar-refractivity contribution in [3.05, 3.63) is 71.7 Å². The van der Waals surface area contributed by atoms with Crippen LogP contribution in [0.5, 0.6) is 0 Å². The van der Waals surface area contributed by atoms with Crippen molar-refractivity contribution in [1.82, 2.24) is 24.5 Å². The predicted octanol–water partition coefficient (Wildman–Crippen LogP) is 5.29. The Bertz CT molecular complexity index is 1770. The SMILES string of the molecule is COC(=O)N(C)C1C(C)CC(c2ccncc2Nc2ncc3ccc(-c4c(F)cc(C5(C#N)CCOCC5)cc4F)nn23)CC1N. The van der Waals surface area contributed by atoms with Crippen LogP contribution in [-0.2, 0) is 14.9 Å². The van der Waals surface area contributed by atoms with Crippen molar-refractivity contribution in [3.63, 3.8) is 0 Å². The third kappa shape index (κ3) is 5.63. The van der Waals surface area contributed by atoms with Crippen LogP contribution in [0.25, 0.3) is 16.8 Å². The van der Waals surface area contributed by atoms with E-state index in [1.54, 1.807) is 42.7 Å². The Hall–Kier alpha value is -4.67. The number of hydrogen-bond donors (Lipinski definition) is 2. The van der Waals surface area contributed by atoms with Gasteiger partial charge in [0.2, 0.25) is 5.95 Å². The molecule has 46 heavy (non-hydrogen) atoms. The Labute approximate surface area is 265 Å². The number of methoxy groups -OCH3 is 1. The van der Waals surface area contributed by atoms with Crippen LogP contribution in [0.1, 0.15) is 49.7 Å². The second kappa shape index (κ2) is 12.6. The fourth-order valence-corrected chi connectivity index (χ4v) is 7.13. The summed E-state index contributed by atoms with van der Waals surface area (Å²) in [4.78, 5) is 22.6. The maximum absolute atomic E-state index is 15.6. The molecular formula is C33H36F2N8O3. The molecule has 1 saturated carbocycles. The smallest absolute Gasteiger partial charge is 0.409 e. The topological polar surface area (TPSA) is 144 Å². The molecule has 240 valence electrons. The average Bonchev–Trinajstić information content (AvgIpc) is 3.45. The molecule has 1 amide bonds. The Morgan fingerprint density at radius 3 is 2.61 bits per heavy atom. The van der Waals surface area contributed by atoms with Crippen LogP contribution in [0.15, 0.2) is 48.9 Å². The first-order chi connectivity index (χ1) is 22.2. The number of anilines is 2. The molecule has 4 aromatic rings. The average molecular weight is 631 g/mol. The van der Waals surface area contributed by atoms with Crippen molar-refractivity contribution < 1.29 is 23.0 Å². The molecule has 1 aliphatic heterocycles. The van der Waals surface area contributed by atoms with E-state index < -0.39 is 23.1 Å². The molecule has 1 saturated heterocycles. The van der Waals surface area contributed by atoms with Crippen molar-refractivity contribution >= 4 is 23.2 Å². The van der Waals surface area contributed by atoms with Gasteiger partial charge in [0, 0.05) is 32.5 Å². The quantitative estimate of drug-likeness (QED) is 0.290. The summed E-state index contributed by atoms with van der Waals surface area (Å²) in [5.41, 5.74) is 8.00. The Kier molecular flexibility index (Phi) is 8.59. The van der Waals surface area contributed by atoms with Crippen LogP contribution in [0.3, 0.4) is 0 Å². The number of pyridine rings is 1. The van der Waals surface area contributed by atoms with Gasteiger partial charge in [-0.15, -0.1) is 0 Å². The summed E-state index contributed by atoms with van der Waals surface area (Å²) >= 11 is 0. The molecule has 4 unspecified atom stereocenters. The van der Waals surface area contributed by atoms with E-state index in [1.807, 2.05) is 6.07 Å². The number of nitriles is 1. The summed E-state index contributed by atoms with van der Waals surface area (Å²) < 4.78 is 43.0. The molecule has 2 aliphatic rings. The number of nitrogens with zero attached hydrogens (tertiary/aromatic N) is 6. The van der Waals surface area contributed by atoms with Gasteiger partial charge in [0.1, 0.15) is 11.6 Å². The summed E-state index contributed by atoms with van der Waals surface area (Å²) in [5.74, 6) is -1.09. The largest absolute Gasteiger partial charge is 0.453 e. The van der Waals surface area contributed by atoms with E-state index in [-0.39, 0.29) is 35.2 Å². The van der Waals surface area contributed by atoms with Crippen LogP contribution in [0.4, 0.5) is 25.2 Å². The first kappa shape index (κ1) is 31.3. The van der Waals surface area contributed by atoms with Gasteiger partial charge in [0.25, 0.3) is 0 Å². The number of aromatic nitrogens is 4. The molecule has 0 radical (unpaired) electrons. The summed E-state index contributed by atoms with van der Waals surface area (Å²) in [6.45, 7) is 2.78. The number of ether oxygens (including phenoxy) is 2. The van der Waals surface area contributed by atoms with Crippen LogP contribution < -0.4 is 11.1 Å². The van der Waals surface area contributed by atoms with Crippen molar-refractivity contribution in [2.45, 2.75) is 56.0 Å². The molecule has 2 fully saturated rings. The highest BCUT2D eigenvalue weighted by molar-refractivity contribution is 5.68. The number of carbonyl (C=O) groups is 1. The lowest BCUT2D eigenvalue weighted by atomic mass is 9.73. The minimum absolute atomic E-state index is 0.0710. The second-order valence-electron chi connectivity index (χ2n) is 12.2. The van der Waals surface area contributed by atoms with E-state index in [0.717, 1.165) is 12.0 Å². The molecule has 0 spiro atoms. The van der Waals surface area contributed by atoms with E-state index in [9.17, 15) is 10.1 Å². The minimum atomic E-state index is -1.00. The Morgan fingerprint density at radius 1 is 1.20 bits per heavy atom. The van der Waals surface area contributed by atoms with E-state index in [0.29, 0.717) is 55.2 Å². The Morgan fingerprint density at radius 2 is 1.93 bits per heavy atom. The van der Waals surface area contributed by atoms with Gasteiger partial charge in [0.15, 0.2) is 0 Å². The normalized spacial score (nSPS) is 22.6. The predicted molar refractivity (Wildman–Crippen MR) is 166 cm³/mol. The van der Waals surface area contributed by atoms with Crippen LogP contribution in [-0.4, -0.2) is 70.0 Å². The first-order valence-corrected chi connectivity index (χ1v) is 15.3. The Balaban J connectivity index is 1.29. The number of amides is 1. The van der Waals surface area contributed by atoms with E-state index in [2.05, 4.69) is 33.4 Å². The summed E-state index contributed by atoms with van der Waals surface area (Å²) in [6, 6.07) is 9.45. The number of carbonyl (C=O) groups excluding carboxylic acids is 1. The van der Waals surface area contributed by atoms with Gasteiger partial charge < -0.3 is 25.4 Å². The lowest BCUT2D eigenvalue weighted by Gasteiger charge is -2.43. The molecule has 13 heteroatoms. The van der Waals surface area contributed by atoms with E-state index in [4.69, 9.17) is 15.2 Å². The highest BCUT2D eigenvalue weighted by atomic mass is 19.1. The molecular weight excluding hydrogens is 594 g/mol. The number of hydrogen-bond acceptors (Lipinski definition) is 9. The van der Waals surface area contributed by atoms with E-state index >= 15 is 8.78 Å². The minimum Gasteiger partial charge on any atom is -0.453 e. The number of fused-ring (bicyclic) bond motifs is 1. The van der Waals surface area contributed by atoms with Gasteiger partial charge in [-0.3, -0.25) is 4.98 Å². The van der Waals surface area contributed by atoms with Gasteiger partial charge in [0.05, 0.1) is 59.5 Å². The molecule has 0 bridgehead atoms. The molecule has 4 heterocycles. The summed E-state index contributed by atoms with van der Waals surface area (Å²) in [5, 5.41) is 17.8. The zero-order valence-electron chi connectivity index (χ0n) is 25.9. The zero-order chi connectivity index (χ0) is 32.6. The molecule has 1 aliphatic carbocycles. The molecule has 3 aromatic heterocycles. The number of nitrogens with one attached hydrogen (secondary N) is 1. The third-order valence-electron chi connectivity index (χ3n) is 9.48. The lowest BCUT2D eigenvalue weighted by Crippen LogP contribution is -2.55. The van der Waals surface area contributed by atoms with Gasteiger partial charge in [-0.25, -0.2) is 18.6 Å². The maximum atomic E-state index is 15.6. The lowest BCUT2D eigenvalue weighted by molar-refractivity contribution is 0.0673. The standard InChI is InChI=1S/C33H36F2N8O3/c1-19-12-20(13-26(37)30(19)42(2)32(44)45-3)23-6-9-38-17-28(23)40-31-39-16-22-4-5-27(41-43(22)31)29-24(34)14-21(15-25(29)35)33(18-36)7-10-46-11-8-33/h4-6,9,14-17,19-20,26,30H,7-8,10-13,37H2,1-3H3,(H,39,40). The molecule has 11 nitrogen and oxygen atoms in total. The van der Waals surface area contributed by atoms with Crippen molar-refractivity contribution in [2.24, 2.45) is 11.7 Å². The summed E-state index contributed by atoms with van der Waals surface area (Å²) in [7, 11) is 3.06. The monoisotopic (exact) mass is 630 g/mol. The highest BCUT2D eigenvalue weighted by Gasteiger charge is 2.39. The number of benzene rings is 1. The van der Waals surface area contributed by atoms with Crippen molar-refractivity contribution in [3.8, 4) is 17.3 Å². The fraction of sp³-hybridized carbons (Fsp3) is 0.424. The highest BCUT2D eigenvalue weighted by Crippen LogP contribution is 2.41. The molecule has 3 N–H and O–H groups in total. The van der Waals surface area contributed by atoms with Crippen molar-refractivity contribution in [2.75, 3.05) is 32.7 Å². The van der Waals surface area contributed by atoms with Crippen LogP contribution >= 0.6 is 0 Å². The first-order valence-electron chi connectivity index (χ1n) is 15.3. The van der Waals surface area contributed by atoms with Gasteiger partial charge in [-0.1, -0.05) is 6.92 Å². The van der Waals surface area contributed by atoms with Crippen molar-refractivity contribution in [1.29, 1.82) is 5.26 Å². The van der Waals surface area contributed by atoms with Gasteiger partial charge >= 0.3 is 6.09 Å². The second-order valence-corrected chi connectivity index (χ2v) is 12.2. The molecule has 1 aromatic carbocycles. The molecule has 6 rings (SSSR count). The van der Waals surface area contributed by atoms with Gasteiger partial charge in [-0.2, -0.15) is 14.9 Å². The number of rotatable bonds is 6. The fourth-order valence-electron chi connectivity index (χ4n) is 7.13. The number of imidazole rings is 1. The third-order valence-corrected chi connectivity index (χ3v) is 9.48. The summed E-state index contributed by atoms with van der Waals surface area (Å²) in [6.07, 6.45) is 6.74. The molecule has 4 atom stereocenters. The zero-order valence-corrected chi connectivity index (χ0v) is 25.9. The van der Waals surface area contributed by atoms with Crippen LogP contribution in [0.2, 0.25) is 0 Å². The number of nitrogens with two attached hydrogens (primary N) is 1. The maximum Gasteiger partial charge on any atom is 0.409 e. The number of likely N-dealkylation sites (N-methyl/N-ethyl adjacent to an activating group) is 1. The number of halogens is 2.